The van der Waals surface area contributed by atoms with Crippen LogP contribution in [-0.4, -0.2) is 40.1 Å². The molecule has 14 heteroatoms. The predicted molar refractivity (Wildman–Crippen MR) is 142 cm³/mol. The van der Waals surface area contributed by atoms with Gasteiger partial charge >= 0.3 is 10.2 Å². The van der Waals surface area contributed by atoms with Gasteiger partial charge in [0, 0.05) is 30.4 Å². The van der Waals surface area contributed by atoms with Crippen molar-refractivity contribution >= 4 is 27.7 Å². The monoisotopic (exact) mass is 602 g/mol. The molecule has 0 unspecified atom stereocenters. The van der Waals surface area contributed by atoms with E-state index in [0.29, 0.717) is 17.7 Å². The Bertz CT molecular complexity index is 1440. The van der Waals surface area contributed by atoms with Gasteiger partial charge in [-0.15, -0.1) is 0 Å². The van der Waals surface area contributed by atoms with Gasteiger partial charge in [0.15, 0.2) is 0 Å². The fourth-order valence-electron chi connectivity index (χ4n) is 4.65. The van der Waals surface area contributed by atoms with Crippen molar-refractivity contribution < 1.29 is 38.5 Å². The molecule has 41 heavy (non-hydrogen) atoms. The number of amides is 2. The standard InChI is InChI=1S/C27H28F6N4O3S/c1-17(18-6-4-3-5-7-18)36-25(38)24(19-12-20(28)15-34-14-19)37(26(39)23-13-27(2,40)16-35-23)21-8-10-22(11-9-21)41(29,30,31,32)33/h3-12,14-15,17,23-24,35,40H,13,16H2,1-2H3,(H,36,38)/t17-,23+,24+,27+/m0/s1. The number of anilines is 1. The largest absolute Gasteiger partial charge is 0.389 e. The lowest BCUT2D eigenvalue weighted by atomic mass is 9.99. The van der Waals surface area contributed by atoms with Crippen LogP contribution in [0.2, 0.25) is 0 Å². The van der Waals surface area contributed by atoms with Gasteiger partial charge in [-0.25, -0.2) is 4.39 Å². The number of rotatable bonds is 8. The number of benzene rings is 2. The molecule has 0 aliphatic carbocycles. The van der Waals surface area contributed by atoms with Crippen LogP contribution in [0.15, 0.2) is 78.0 Å². The second kappa shape index (κ2) is 10.0. The number of hydrogen-bond donors (Lipinski definition) is 3. The Balaban J connectivity index is 1.83. The molecule has 1 aliphatic heterocycles. The lowest BCUT2D eigenvalue weighted by molar-refractivity contribution is -0.127. The fraction of sp³-hybridized carbons (Fsp3) is 0.296. The number of carbonyl (C=O) groups excluding carboxylic acids is 2. The van der Waals surface area contributed by atoms with Crippen molar-refractivity contribution in [1.82, 2.24) is 15.6 Å². The number of carbonyl (C=O) groups is 2. The van der Waals surface area contributed by atoms with Crippen LogP contribution >= 0.6 is 10.2 Å². The molecule has 3 aromatic rings. The summed E-state index contributed by atoms with van der Waals surface area (Å²) in [7, 11) is -10.1. The zero-order valence-corrected chi connectivity index (χ0v) is 22.7. The van der Waals surface area contributed by atoms with Crippen LogP contribution in [-0.2, 0) is 9.59 Å². The van der Waals surface area contributed by atoms with Crippen molar-refractivity contribution in [3.8, 4) is 0 Å². The summed E-state index contributed by atoms with van der Waals surface area (Å²) in [6.07, 6.45) is 1.85. The van der Waals surface area contributed by atoms with Gasteiger partial charge < -0.3 is 15.7 Å². The van der Waals surface area contributed by atoms with E-state index < -0.39 is 56.5 Å². The summed E-state index contributed by atoms with van der Waals surface area (Å²) in [5, 5.41) is 16.0. The van der Waals surface area contributed by atoms with E-state index in [0.717, 1.165) is 23.4 Å². The Morgan fingerprint density at radius 3 is 2.22 bits per heavy atom. The first-order chi connectivity index (χ1) is 18.8. The van der Waals surface area contributed by atoms with Gasteiger partial charge in [-0.3, -0.25) is 19.5 Å². The molecule has 0 bridgehead atoms. The minimum absolute atomic E-state index is 0.0101. The lowest BCUT2D eigenvalue weighted by Gasteiger charge is -2.41. The Morgan fingerprint density at radius 2 is 1.68 bits per heavy atom. The summed E-state index contributed by atoms with van der Waals surface area (Å²) < 4.78 is 81.5. The fourth-order valence-corrected chi connectivity index (χ4v) is 5.30. The molecule has 1 aliphatic rings. The van der Waals surface area contributed by atoms with Crippen molar-refractivity contribution in [1.29, 1.82) is 0 Å². The molecule has 0 saturated carbocycles. The number of nitrogens with one attached hydrogen (secondary N) is 2. The molecule has 1 saturated heterocycles. The number of halogens is 6. The highest BCUT2D eigenvalue weighted by Crippen LogP contribution is 3.02. The molecule has 2 amide bonds. The van der Waals surface area contributed by atoms with Crippen LogP contribution in [0.4, 0.5) is 29.5 Å². The van der Waals surface area contributed by atoms with Gasteiger partial charge in [0.05, 0.1) is 23.9 Å². The molecule has 4 atom stereocenters. The number of pyridine rings is 1. The van der Waals surface area contributed by atoms with Crippen LogP contribution in [0.25, 0.3) is 0 Å². The maximum Gasteiger partial charge on any atom is 0.310 e. The van der Waals surface area contributed by atoms with E-state index in [-0.39, 0.29) is 36.3 Å². The van der Waals surface area contributed by atoms with E-state index in [1.54, 1.807) is 37.3 Å². The minimum atomic E-state index is -10.1. The van der Waals surface area contributed by atoms with E-state index in [2.05, 4.69) is 15.6 Å². The normalized spacial score (nSPS) is 22.2. The SMILES string of the molecule is C[C@H](NC(=O)[C@@H](c1cncc(F)c1)N(C(=O)[C@H]1C[C@@](C)(O)CN1)c1ccc(S(F)(F)(F)(F)F)cc1)c1ccccc1. The third-order valence-electron chi connectivity index (χ3n) is 6.68. The van der Waals surface area contributed by atoms with Crippen molar-refractivity contribution in [2.75, 3.05) is 11.4 Å². The van der Waals surface area contributed by atoms with Gasteiger partial charge in [-0.05, 0) is 49.7 Å². The first-order valence-electron chi connectivity index (χ1n) is 12.4. The number of β-amino-alcohol motifs (C(OH)–C–C–N with tert-alkyl or cyclic N) is 1. The molecular weight excluding hydrogens is 574 g/mol. The van der Waals surface area contributed by atoms with E-state index in [4.69, 9.17) is 0 Å². The highest BCUT2D eigenvalue weighted by atomic mass is 32.5. The quantitative estimate of drug-likeness (QED) is 0.278. The molecule has 222 valence electrons. The smallest absolute Gasteiger partial charge is 0.310 e. The average molecular weight is 603 g/mol. The summed E-state index contributed by atoms with van der Waals surface area (Å²) in [6, 6.07) is 7.76. The highest BCUT2D eigenvalue weighted by Gasteiger charge is 2.65. The molecule has 7 nitrogen and oxygen atoms in total. The van der Waals surface area contributed by atoms with Crippen molar-refractivity contribution in [2.24, 2.45) is 0 Å². The Kier molecular flexibility index (Phi) is 7.42. The van der Waals surface area contributed by atoms with E-state index in [1.807, 2.05) is 0 Å². The maximum absolute atomic E-state index is 14.3. The highest BCUT2D eigenvalue weighted by molar-refractivity contribution is 8.45. The first-order valence-corrected chi connectivity index (χ1v) is 14.4. The molecule has 2 heterocycles. The molecule has 4 rings (SSSR count). The second-order valence-electron chi connectivity index (χ2n) is 10.3. The average Bonchev–Trinajstić information content (AvgIpc) is 3.25. The number of aromatic nitrogens is 1. The summed E-state index contributed by atoms with van der Waals surface area (Å²) >= 11 is 0. The van der Waals surface area contributed by atoms with Gasteiger partial charge in [-0.1, -0.05) is 49.8 Å². The summed E-state index contributed by atoms with van der Waals surface area (Å²) in [5.74, 6) is -2.56. The Labute approximate surface area is 232 Å². The molecule has 3 N–H and O–H groups in total. The van der Waals surface area contributed by atoms with Gasteiger partial charge in [0.25, 0.3) is 0 Å². The third-order valence-corrected chi connectivity index (χ3v) is 7.84. The lowest BCUT2D eigenvalue weighted by Crippen LogP contribution is -2.50. The van der Waals surface area contributed by atoms with Gasteiger partial charge in [-0.2, -0.15) is 0 Å². The van der Waals surface area contributed by atoms with Crippen LogP contribution < -0.4 is 15.5 Å². The molecule has 0 spiro atoms. The summed E-state index contributed by atoms with van der Waals surface area (Å²) in [6.45, 7) is 3.10. The predicted octanol–water partition coefficient (Wildman–Crippen LogP) is 5.94. The van der Waals surface area contributed by atoms with Crippen molar-refractivity contribution in [3.05, 3.63) is 90.0 Å². The van der Waals surface area contributed by atoms with Gasteiger partial charge in [0.1, 0.15) is 16.8 Å². The molecule has 0 radical (unpaired) electrons. The van der Waals surface area contributed by atoms with E-state index in [1.165, 1.54) is 6.92 Å². The van der Waals surface area contributed by atoms with Crippen molar-refractivity contribution in [2.45, 2.75) is 48.9 Å². The maximum atomic E-state index is 14.3. The number of hydrogen-bond acceptors (Lipinski definition) is 5. The van der Waals surface area contributed by atoms with Crippen LogP contribution in [0, 0.1) is 5.82 Å². The van der Waals surface area contributed by atoms with Crippen LogP contribution in [0.5, 0.6) is 0 Å². The molecule has 1 aromatic heterocycles. The van der Waals surface area contributed by atoms with Gasteiger partial charge in [0.2, 0.25) is 11.8 Å². The van der Waals surface area contributed by atoms with Crippen molar-refractivity contribution in [3.63, 3.8) is 0 Å². The Morgan fingerprint density at radius 1 is 1.05 bits per heavy atom. The summed E-state index contributed by atoms with van der Waals surface area (Å²) in [5.41, 5.74) is -1.11. The van der Waals surface area contributed by atoms with E-state index >= 15 is 0 Å². The Hall–Kier alpha value is -3.62. The summed E-state index contributed by atoms with van der Waals surface area (Å²) in [4.78, 5) is 30.1. The number of aliphatic hydroxyl groups is 1. The first kappa shape index (κ1) is 30.3. The zero-order valence-electron chi connectivity index (χ0n) is 21.9. The second-order valence-corrected chi connectivity index (χ2v) is 12.7. The van der Waals surface area contributed by atoms with Crippen LogP contribution in [0.3, 0.4) is 0 Å². The topological polar surface area (TPSA) is 94.6 Å². The van der Waals surface area contributed by atoms with E-state index in [9.17, 15) is 38.5 Å². The third kappa shape index (κ3) is 7.18. The minimum Gasteiger partial charge on any atom is -0.389 e. The zero-order chi connectivity index (χ0) is 30.3. The van der Waals surface area contributed by atoms with Crippen LogP contribution in [0.1, 0.15) is 43.5 Å². The molecule has 1 fully saturated rings. The number of nitrogens with zero attached hydrogens (tertiary/aromatic N) is 2. The molecular formula is C27H28F6N4O3S. The molecule has 2 aromatic carbocycles.